The molecular weight excluding hydrogens is 349 g/mol. The molecule has 9 heteroatoms. The van der Waals surface area contributed by atoms with E-state index in [1.54, 1.807) is 0 Å². The van der Waals surface area contributed by atoms with Gasteiger partial charge in [0.05, 0.1) is 23.5 Å². The Labute approximate surface area is 145 Å². The number of H-pyrrole nitrogens is 1. The fourth-order valence-corrected chi connectivity index (χ4v) is 3.31. The van der Waals surface area contributed by atoms with E-state index in [0.717, 1.165) is 18.2 Å². The van der Waals surface area contributed by atoms with Crippen molar-refractivity contribution < 1.29 is 23.1 Å². The molecule has 2 atom stereocenters. The summed E-state index contributed by atoms with van der Waals surface area (Å²) in [6, 6.07) is 3.65. The zero-order valence-electron chi connectivity index (χ0n) is 13.3. The number of nitrogens with one attached hydrogen (secondary N) is 1. The number of aromatic nitrogens is 3. The second-order valence-corrected chi connectivity index (χ2v) is 6.14. The molecule has 4 rings (SSSR count). The molecule has 6 nitrogen and oxygen atoms in total. The summed E-state index contributed by atoms with van der Waals surface area (Å²) in [5.41, 5.74) is 0.305. The summed E-state index contributed by atoms with van der Waals surface area (Å²) in [7, 11) is 0. The lowest BCUT2D eigenvalue weighted by Gasteiger charge is -2.25. The molecule has 0 saturated carbocycles. The van der Waals surface area contributed by atoms with Crippen molar-refractivity contribution in [3.8, 4) is 0 Å². The van der Waals surface area contributed by atoms with E-state index in [9.17, 15) is 18.0 Å². The van der Waals surface area contributed by atoms with Gasteiger partial charge in [-0.15, -0.1) is 0 Å². The van der Waals surface area contributed by atoms with Crippen LogP contribution in [0.4, 0.5) is 19.0 Å². The zero-order valence-corrected chi connectivity index (χ0v) is 13.3. The van der Waals surface area contributed by atoms with Gasteiger partial charge in [-0.05, 0) is 24.3 Å². The van der Waals surface area contributed by atoms with Gasteiger partial charge in [0.25, 0.3) is 0 Å². The molecule has 2 aromatic heterocycles. The van der Waals surface area contributed by atoms with Crippen LogP contribution in [0.5, 0.6) is 0 Å². The summed E-state index contributed by atoms with van der Waals surface area (Å²) in [5.74, 6) is -2.17. The summed E-state index contributed by atoms with van der Waals surface area (Å²) in [4.78, 5) is 16.7. The number of hydrogen-bond donors (Lipinski definition) is 2. The quantitative estimate of drug-likeness (QED) is 0.748. The molecule has 134 valence electrons. The molecule has 1 aromatic carbocycles. The van der Waals surface area contributed by atoms with Gasteiger partial charge in [0, 0.05) is 18.2 Å². The molecule has 0 radical (unpaired) electrons. The maximum absolute atomic E-state index is 14.2. The normalized spacial score (nSPS) is 20.0. The van der Waals surface area contributed by atoms with Crippen molar-refractivity contribution >= 4 is 22.8 Å². The Hall–Kier alpha value is -3.10. The van der Waals surface area contributed by atoms with Crippen molar-refractivity contribution in [1.82, 2.24) is 15.2 Å². The highest BCUT2D eigenvalue weighted by Gasteiger charge is 2.37. The Balaban J connectivity index is 1.82. The number of pyridine rings is 1. The fraction of sp³-hybridized carbons (Fsp3) is 0.235. The number of nitrogens with zero attached hydrogens (tertiary/aromatic N) is 3. The topological polar surface area (TPSA) is 82.1 Å². The van der Waals surface area contributed by atoms with Gasteiger partial charge in [-0.25, -0.2) is 22.9 Å². The highest BCUT2D eigenvalue weighted by atomic mass is 19.1. The first-order valence-electron chi connectivity index (χ1n) is 7.87. The van der Waals surface area contributed by atoms with Crippen molar-refractivity contribution in [2.24, 2.45) is 0 Å². The molecule has 1 fully saturated rings. The maximum Gasteiger partial charge on any atom is 0.337 e. The molecule has 2 N–H and O–H groups in total. The predicted octanol–water partition coefficient (Wildman–Crippen LogP) is 3.22. The number of carbonyl (C=O) groups is 1. The van der Waals surface area contributed by atoms with Gasteiger partial charge < -0.3 is 10.0 Å². The van der Waals surface area contributed by atoms with Gasteiger partial charge in [-0.2, -0.15) is 5.10 Å². The van der Waals surface area contributed by atoms with E-state index in [1.807, 2.05) is 0 Å². The third kappa shape index (κ3) is 2.65. The van der Waals surface area contributed by atoms with Crippen LogP contribution in [0.1, 0.15) is 28.4 Å². The van der Waals surface area contributed by atoms with Crippen molar-refractivity contribution in [3.05, 3.63) is 53.2 Å². The number of alkyl halides is 1. The van der Waals surface area contributed by atoms with Crippen molar-refractivity contribution in [1.29, 1.82) is 0 Å². The molecule has 0 aliphatic carbocycles. The Morgan fingerprint density at radius 1 is 1.31 bits per heavy atom. The predicted molar refractivity (Wildman–Crippen MR) is 86.8 cm³/mol. The van der Waals surface area contributed by atoms with Gasteiger partial charge in [0.2, 0.25) is 0 Å². The second-order valence-electron chi connectivity index (χ2n) is 6.14. The minimum absolute atomic E-state index is 0.0270. The van der Waals surface area contributed by atoms with Gasteiger partial charge in [0.15, 0.2) is 11.5 Å². The first-order valence-corrected chi connectivity index (χ1v) is 7.87. The van der Waals surface area contributed by atoms with Crippen molar-refractivity contribution in [2.75, 3.05) is 11.4 Å². The molecular formula is C17H13F3N4O2. The molecule has 0 spiro atoms. The molecule has 3 heterocycles. The summed E-state index contributed by atoms with van der Waals surface area (Å²) < 4.78 is 41.9. The number of fused-ring (bicyclic) bond motifs is 1. The van der Waals surface area contributed by atoms with Crippen LogP contribution in [0.25, 0.3) is 11.0 Å². The van der Waals surface area contributed by atoms with Crippen LogP contribution >= 0.6 is 0 Å². The van der Waals surface area contributed by atoms with E-state index in [2.05, 4.69) is 15.2 Å². The maximum atomic E-state index is 14.2. The Kier molecular flexibility index (Phi) is 3.78. The fourth-order valence-electron chi connectivity index (χ4n) is 3.31. The number of aromatic carboxylic acids is 1. The van der Waals surface area contributed by atoms with Crippen LogP contribution in [-0.2, 0) is 0 Å². The number of aromatic amines is 1. The van der Waals surface area contributed by atoms with Crippen LogP contribution < -0.4 is 4.90 Å². The first kappa shape index (κ1) is 16.4. The van der Waals surface area contributed by atoms with Gasteiger partial charge >= 0.3 is 5.97 Å². The number of benzene rings is 1. The Bertz CT molecular complexity index is 1010. The molecule has 0 unspecified atom stereocenters. The second kappa shape index (κ2) is 6.01. The van der Waals surface area contributed by atoms with E-state index in [0.29, 0.717) is 11.0 Å². The van der Waals surface area contributed by atoms with E-state index >= 15 is 0 Å². The van der Waals surface area contributed by atoms with Gasteiger partial charge in [0.1, 0.15) is 17.8 Å². The Morgan fingerprint density at radius 2 is 2.12 bits per heavy atom. The number of carboxylic acid groups (broad SMARTS) is 1. The summed E-state index contributed by atoms with van der Waals surface area (Å²) in [5, 5.41) is 16.3. The van der Waals surface area contributed by atoms with Crippen LogP contribution in [0, 0.1) is 11.6 Å². The highest BCUT2D eigenvalue weighted by Crippen LogP contribution is 2.40. The zero-order chi connectivity index (χ0) is 18.4. The van der Waals surface area contributed by atoms with Gasteiger partial charge in [-0.3, -0.25) is 5.10 Å². The lowest BCUT2D eigenvalue weighted by atomic mass is 10.0. The number of anilines is 1. The standard InChI is InChI=1S/C17H13F3N4O2/c18-9-1-2-13(20)11(4-9)14-5-10(19)7-24(14)16-12-3-8(17(25)26)6-21-15(12)22-23-16/h1-4,6,10,14H,5,7H2,(H,25,26)(H,21,22,23)/t10-,14+/m0/s1. The van der Waals surface area contributed by atoms with Gasteiger partial charge in [-0.1, -0.05) is 0 Å². The summed E-state index contributed by atoms with van der Waals surface area (Å²) >= 11 is 0. The number of hydrogen-bond acceptors (Lipinski definition) is 4. The minimum Gasteiger partial charge on any atom is -0.478 e. The minimum atomic E-state index is -1.26. The van der Waals surface area contributed by atoms with E-state index in [4.69, 9.17) is 5.11 Å². The molecule has 0 amide bonds. The highest BCUT2D eigenvalue weighted by molar-refractivity contribution is 5.95. The molecule has 0 bridgehead atoms. The average Bonchev–Trinajstić information content (AvgIpc) is 3.19. The van der Waals surface area contributed by atoms with Crippen LogP contribution in [-0.4, -0.2) is 39.0 Å². The van der Waals surface area contributed by atoms with Crippen LogP contribution in [0.3, 0.4) is 0 Å². The molecule has 1 aliphatic heterocycles. The Morgan fingerprint density at radius 3 is 2.88 bits per heavy atom. The number of rotatable bonds is 3. The monoisotopic (exact) mass is 362 g/mol. The van der Waals surface area contributed by atoms with E-state index in [-0.39, 0.29) is 29.9 Å². The van der Waals surface area contributed by atoms with Crippen molar-refractivity contribution in [2.45, 2.75) is 18.6 Å². The van der Waals surface area contributed by atoms with E-state index < -0.39 is 29.8 Å². The number of carboxylic acids is 1. The third-order valence-electron chi connectivity index (χ3n) is 4.48. The lowest BCUT2D eigenvalue weighted by Crippen LogP contribution is -2.25. The third-order valence-corrected chi connectivity index (χ3v) is 4.48. The molecule has 1 saturated heterocycles. The summed E-state index contributed by atoms with van der Waals surface area (Å²) in [6.07, 6.45) is -0.107. The first-order chi connectivity index (χ1) is 12.4. The molecule has 3 aromatic rings. The lowest BCUT2D eigenvalue weighted by molar-refractivity contribution is 0.0696. The summed E-state index contributed by atoms with van der Waals surface area (Å²) in [6.45, 7) is -0.0716. The molecule has 1 aliphatic rings. The number of halogens is 3. The van der Waals surface area contributed by atoms with Crippen LogP contribution in [0.15, 0.2) is 30.5 Å². The van der Waals surface area contributed by atoms with Crippen molar-refractivity contribution in [3.63, 3.8) is 0 Å². The van der Waals surface area contributed by atoms with E-state index in [1.165, 1.54) is 17.2 Å². The molecule has 26 heavy (non-hydrogen) atoms. The van der Waals surface area contributed by atoms with Crippen LogP contribution in [0.2, 0.25) is 0 Å². The smallest absolute Gasteiger partial charge is 0.337 e. The largest absolute Gasteiger partial charge is 0.478 e. The average molecular weight is 362 g/mol. The SMILES string of the molecule is O=C(O)c1cnc2[nH]nc(N3C[C@@H](F)C[C@@H]3c3cc(F)ccc3F)c2c1.